The first-order valence-electron chi connectivity index (χ1n) is 9.41. The van der Waals surface area contributed by atoms with Crippen LogP contribution in [0.25, 0.3) is 11.1 Å². The number of carbonyl (C=O) groups excluding carboxylic acids is 1. The maximum atomic E-state index is 12.4. The Morgan fingerprint density at radius 1 is 1.14 bits per heavy atom. The molecular formula is C22H20N2O4S. The fourth-order valence-corrected chi connectivity index (χ4v) is 4.49. The zero-order valence-corrected chi connectivity index (χ0v) is 16.5. The number of rotatable bonds is 7. The molecule has 1 amide bonds. The summed E-state index contributed by atoms with van der Waals surface area (Å²) < 4.78 is 5.20. The van der Waals surface area contributed by atoms with Gasteiger partial charge in [0.1, 0.15) is 0 Å². The Balaban J connectivity index is 1.40. The van der Waals surface area contributed by atoms with Gasteiger partial charge in [0.05, 0.1) is 6.20 Å². The van der Waals surface area contributed by atoms with Crippen molar-refractivity contribution in [1.29, 1.82) is 0 Å². The number of aryl methyl sites for hydroxylation is 1. The highest BCUT2D eigenvalue weighted by Gasteiger charge is 2.32. The summed E-state index contributed by atoms with van der Waals surface area (Å²) in [4.78, 5) is 29.2. The van der Waals surface area contributed by atoms with Crippen molar-refractivity contribution in [3.63, 3.8) is 0 Å². The van der Waals surface area contributed by atoms with E-state index in [4.69, 9.17) is 9.52 Å². The number of aromatic carboxylic acids is 1. The van der Waals surface area contributed by atoms with Crippen LogP contribution in [0.1, 0.15) is 29.3 Å². The van der Waals surface area contributed by atoms with Gasteiger partial charge in [0.2, 0.25) is 5.76 Å². The van der Waals surface area contributed by atoms with E-state index in [9.17, 15) is 9.59 Å². The summed E-state index contributed by atoms with van der Waals surface area (Å²) in [6.07, 6.45) is 3.33. The molecule has 0 bridgehead atoms. The number of amides is 1. The Hall–Kier alpha value is -3.06. The molecule has 1 fully saturated rings. The second-order valence-electron chi connectivity index (χ2n) is 6.83. The maximum absolute atomic E-state index is 12.4. The van der Waals surface area contributed by atoms with Crippen molar-refractivity contribution >= 4 is 28.7 Å². The van der Waals surface area contributed by atoms with E-state index >= 15 is 0 Å². The summed E-state index contributed by atoms with van der Waals surface area (Å²) in [6.45, 7) is 0. The minimum atomic E-state index is -1.12. The Morgan fingerprint density at radius 3 is 2.55 bits per heavy atom. The molecule has 1 saturated heterocycles. The van der Waals surface area contributed by atoms with Gasteiger partial charge in [-0.25, -0.2) is 9.78 Å². The lowest BCUT2D eigenvalue weighted by molar-refractivity contribution is 0.0660. The highest BCUT2D eigenvalue weighted by atomic mass is 32.2. The molecule has 0 spiro atoms. The minimum absolute atomic E-state index is 0.0618. The molecule has 148 valence electrons. The number of nitrogens with zero attached hydrogens (tertiary/aromatic N) is 2. The van der Waals surface area contributed by atoms with Gasteiger partial charge >= 0.3 is 5.97 Å². The molecule has 6 nitrogen and oxygen atoms in total. The average molecular weight is 408 g/mol. The van der Waals surface area contributed by atoms with E-state index in [0.717, 1.165) is 35.4 Å². The lowest BCUT2D eigenvalue weighted by Crippen LogP contribution is -2.33. The number of oxazole rings is 1. The number of hydrogen-bond acceptors (Lipinski definition) is 5. The van der Waals surface area contributed by atoms with E-state index in [1.165, 1.54) is 18.0 Å². The molecule has 0 unspecified atom stereocenters. The minimum Gasteiger partial charge on any atom is -0.475 e. The predicted molar refractivity (Wildman–Crippen MR) is 112 cm³/mol. The first-order valence-corrected chi connectivity index (χ1v) is 10.4. The fraction of sp³-hybridized carbons (Fsp3) is 0.227. The zero-order chi connectivity index (χ0) is 20.2. The van der Waals surface area contributed by atoms with E-state index in [-0.39, 0.29) is 17.0 Å². The normalized spacial score (nSPS) is 16.3. The van der Waals surface area contributed by atoms with Gasteiger partial charge in [-0.3, -0.25) is 9.69 Å². The van der Waals surface area contributed by atoms with Crippen LogP contribution in [0.4, 0.5) is 10.5 Å². The molecule has 29 heavy (non-hydrogen) atoms. The Labute approximate surface area is 172 Å². The smallest absolute Gasteiger partial charge is 0.373 e. The summed E-state index contributed by atoms with van der Waals surface area (Å²) in [5.41, 5.74) is 3.15. The molecule has 1 aliphatic rings. The summed E-state index contributed by atoms with van der Waals surface area (Å²) in [5.74, 6) is -0.109. The number of benzene rings is 2. The third-order valence-electron chi connectivity index (χ3n) is 4.91. The molecule has 0 radical (unpaired) electrons. The standard InChI is InChI=1S/C22H20N2O4S/c25-21(26)19-13-23-20(28-19)8-4-7-18-14-29-22(27)24(18)17-11-9-16(10-12-17)15-5-2-1-3-6-15/h1-3,5-6,9-13,18H,4,7-8,14H2,(H,25,26)/t18-/m0/s1. The number of thioether (sulfide) groups is 1. The number of hydrogen-bond donors (Lipinski definition) is 1. The molecule has 2 heterocycles. The van der Waals surface area contributed by atoms with Crippen LogP contribution >= 0.6 is 11.8 Å². The number of carboxylic acid groups (broad SMARTS) is 1. The van der Waals surface area contributed by atoms with E-state index in [0.29, 0.717) is 12.3 Å². The second-order valence-corrected chi connectivity index (χ2v) is 7.80. The topological polar surface area (TPSA) is 83.6 Å². The number of aromatic nitrogens is 1. The van der Waals surface area contributed by atoms with Crippen molar-refractivity contribution in [2.45, 2.75) is 25.3 Å². The van der Waals surface area contributed by atoms with Gasteiger partial charge in [-0.15, -0.1) is 0 Å². The van der Waals surface area contributed by atoms with Crippen LogP contribution < -0.4 is 4.90 Å². The summed E-state index contributed by atoms with van der Waals surface area (Å²) in [6, 6.07) is 18.3. The second kappa shape index (κ2) is 8.53. The Bertz CT molecular complexity index is 1000. The highest BCUT2D eigenvalue weighted by molar-refractivity contribution is 8.14. The van der Waals surface area contributed by atoms with Crippen LogP contribution in [0.5, 0.6) is 0 Å². The van der Waals surface area contributed by atoms with Gasteiger partial charge in [-0.05, 0) is 36.1 Å². The molecule has 1 N–H and O–H groups in total. The third-order valence-corrected chi connectivity index (χ3v) is 5.90. The summed E-state index contributed by atoms with van der Waals surface area (Å²) in [5, 5.41) is 8.96. The summed E-state index contributed by atoms with van der Waals surface area (Å²) >= 11 is 1.33. The molecule has 0 saturated carbocycles. The molecule has 4 rings (SSSR count). The van der Waals surface area contributed by atoms with Crippen molar-refractivity contribution in [3.05, 3.63) is 72.4 Å². The largest absolute Gasteiger partial charge is 0.475 e. The van der Waals surface area contributed by atoms with Crippen molar-refractivity contribution in [2.75, 3.05) is 10.7 Å². The third kappa shape index (κ3) is 4.35. The number of anilines is 1. The van der Waals surface area contributed by atoms with Crippen LogP contribution in [-0.4, -0.2) is 33.1 Å². The van der Waals surface area contributed by atoms with Gasteiger partial charge in [-0.2, -0.15) is 0 Å². The van der Waals surface area contributed by atoms with Crippen LogP contribution in [0.2, 0.25) is 0 Å². The van der Waals surface area contributed by atoms with Gasteiger partial charge in [0, 0.05) is 23.9 Å². The quantitative estimate of drug-likeness (QED) is 0.585. The average Bonchev–Trinajstić information content (AvgIpc) is 3.36. The molecule has 1 aromatic heterocycles. The van der Waals surface area contributed by atoms with Crippen LogP contribution in [0.15, 0.2) is 65.2 Å². The molecule has 3 aromatic rings. The van der Waals surface area contributed by atoms with Crippen LogP contribution in [0.3, 0.4) is 0 Å². The van der Waals surface area contributed by atoms with Gasteiger partial charge in [0.15, 0.2) is 5.89 Å². The number of carboxylic acids is 1. The number of carbonyl (C=O) groups is 2. The van der Waals surface area contributed by atoms with E-state index in [1.807, 2.05) is 47.4 Å². The SMILES string of the molecule is O=C(O)c1cnc(CCC[C@H]2CSC(=O)N2c2ccc(-c3ccccc3)cc2)o1. The van der Waals surface area contributed by atoms with E-state index in [1.54, 1.807) is 0 Å². The van der Waals surface area contributed by atoms with Gasteiger partial charge in [0.25, 0.3) is 5.24 Å². The molecular weight excluding hydrogens is 388 g/mol. The van der Waals surface area contributed by atoms with E-state index < -0.39 is 5.97 Å². The van der Waals surface area contributed by atoms with Gasteiger partial charge < -0.3 is 9.52 Å². The fourth-order valence-electron chi connectivity index (χ4n) is 3.45. The van der Waals surface area contributed by atoms with Crippen molar-refractivity contribution < 1.29 is 19.1 Å². The Kier molecular flexibility index (Phi) is 5.67. The maximum Gasteiger partial charge on any atom is 0.373 e. The Morgan fingerprint density at radius 2 is 1.86 bits per heavy atom. The highest BCUT2D eigenvalue weighted by Crippen LogP contribution is 2.33. The summed E-state index contributed by atoms with van der Waals surface area (Å²) in [7, 11) is 0. The predicted octanol–water partition coefficient (Wildman–Crippen LogP) is 5.10. The van der Waals surface area contributed by atoms with Crippen molar-refractivity contribution in [3.8, 4) is 11.1 Å². The lowest BCUT2D eigenvalue weighted by atomic mass is 10.0. The van der Waals surface area contributed by atoms with Crippen LogP contribution in [0, 0.1) is 0 Å². The first-order chi connectivity index (χ1) is 14.1. The van der Waals surface area contributed by atoms with Crippen molar-refractivity contribution in [1.82, 2.24) is 4.98 Å². The molecule has 2 aromatic carbocycles. The lowest BCUT2D eigenvalue weighted by Gasteiger charge is -2.24. The van der Waals surface area contributed by atoms with Gasteiger partial charge in [-0.1, -0.05) is 54.2 Å². The van der Waals surface area contributed by atoms with E-state index in [2.05, 4.69) is 17.1 Å². The van der Waals surface area contributed by atoms with Crippen molar-refractivity contribution in [2.24, 2.45) is 0 Å². The first kappa shape index (κ1) is 19.3. The molecule has 7 heteroatoms. The molecule has 1 atom stereocenters. The molecule has 0 aliphatic carbocycles. The zero-order valence-electron chi connectivity index (χ0n) is 15.7. The molecule has 1 aliphatic heterocycles. The monoisotopic (exact) mass is 408 g/mol. The van der Waals surface area contributed by atoms with Crippen LogP contribution in [-0.2, 0) is 6.42 Å².